The molecular formula is C16H17Br2NO. The molecule has 1 N–H and O–H groups in total. The largest absolute Gasteiger partial charge is 0.497 e. The molecule has 0 radical (unpaired) electrons. The summed E-state index contributed by atoms with van der Waals surface area (Å²) in [5, 5.41) is 3.38. The Morgan fingerprint density at radius 2 is 1.95 bits per heavy atom. The van der Waals surface area contributed by atoms with Gasteiger partial charge in [0.25, 0.3) is 0 Å². The van der Waals surface area contributed by atoms with Crippen molar-refractivity contribution in [2.75, 3.05) is 14.2 Å². The molecule has 0 amide bonds. The number of hydrogen-bond donors (Lipinski definition) is 1. The minimum Gasteiger partial charge on any atom is -0.497 e. The predicted molar refractivity (Wildman–Crippen MR) is 90.3 cm³/mol. The maximum atomic E-state index is 5.24. The van der Waals surface area contributed by atoms with Crippen LogP contribution in [-0.2, 0) is 6.42 Å². The second-order valence-corrected chi connectivity index (χ2v) is 6.33. The average Bonchev–Trinajstić information content (AvgIpc) is 2.45. The van der Waals surface area contributed by atoms with E-state index in [1.807, 2.05) is 25.2 Å². The fourth-order valence-electron chi connectivity index (χ4n) is 2.18. The van der Waals surface area contributed by atoms with Crippen LogP contribution in [0.1, 0.15) is 17.2 Å². The SMILES string of the molecule is CNC(Cc1cccc(Br)c1)c1ccc(OC)cc1Br. The van der Waals surface area contributed by atoms with E-state index < -0.39 is 0 Å². The molecule has 0 spiro atoms. The highest BCUT2D eigenvalue weighted by molar-refractivity contribution is 9.10. The van der Waals surface area contributed by atoms with E-state index in [-0.39, 0.29) is 6.04 Å². The Kier molecular flexibility index (Phi) is 5.64. The lowest BCUT2D eigenvalue weighted by Crippen LogP contribution is -2.19. The summed E-state index contributed by atoms with van der Waals surface area (Å²) in [6.45, 7) is 0. The molecule has 2 nitrogen and oxygen atoms in total. The Labute approximate surface area is 136 Å². The van der Waals surface area contributed by atoms with Gasteiger partial charge in [0.05, 0.1) is 7.11 Å². The Morgan fingerprint density at radius 1 is 1.15 bits per heavy atom. The van der Waals surface area contributed by atoms with Crippen LogP contribution in [0.4, 0.5) is 0 Å². The summed E-state index contributed by atoms with van der Waals surface area (Å²) < 4.78 is 7.41. The normalized spacial score (nSPS) is 12.2. The molecule has 0 fully saturated rings. The molecule has 0 heterocycles. The molecule has 0 bridgehead atoms. The maximum absolute atomic E-state index is 5.24. The van der Waals surface area contributed by atoms with Gasteiger partial charge < -0.3 is 10.1 Å². The van der Waals surface area contributed by atoms with Crippen LogP contribution < -0.4 is 10.1 Å². The zero-order chi connectivity index (χ0) is 14.5. The van der Waals surface area contributed by atoms with E-state index in [9.17, 15) is 0 Å². The van der Waals surface area contributed by atoms with Crippen molar-refractivity contribution < 1.29 is 4.74 Å². The van der Waals surface area contributed by atoms with Gasteiger partial charge in [-0.05, 0) is 48.9 Å². The molecule has 2 aromatic carbocycles. The topological polar surface area (TPSA) is 21.3 Å². The molecule has 0 aliphatic heterocycles. The van der Waals surface area contributed by atoms with Gasteiger partial charge in [-0.15, -0.1) is 0 Å². The van der Waals surface area contributed by atoms with E-state index in [0.29, 0.717) is 0 Å². The van der Waals surface area contributed by atoms with Crippen LogP contribution in [0.5, 0.6) is 5.75 Å². The van der Waals surface area contributed by atoms with E-state index in [2.05, 4.69) is 61.4 Å². The molecule has 0 aliphatic carbocycles. The van der Waals surface area contributed by atoms with Gasteiger partial charge in [-0.2, -0.15) is 0 Å². The lowest BCUT2D eigenvalue weighted by atomic mass is 9.99. The van der Waals surface area contributed by atoms with Crippen molar-refractivity contribution in [3.05, 3.63) is 62.5 Å². The monoisotopic (exact) mass is 397 g/mol. The quantitative estimate of drug-likeness (QED) is 0.786. The number of methoxy groups -OCH3 is 1. The van der Waals surface area contributed by atoms with Crippen LogP contribution in [-0.4, -0.2) is 14.2 Å². The van der Waals surface area contributed by atoms with E-state index >= 15 is 0 Å². The van der Waals surface area contributed by atoms with Gasteiger partial charge in [-0.1, -0.05) is 50.1 Å². The number of halogens is 2. The third-order valence-corrected chi connectivity index (χ3v) is 4.44. The summed E-state index contributed by atoms with van der Waals surface area (Å²) in [5.41, 5.74) is 2.52. The van der Waals surface area contributed by atoms with Gasteiger partial charge in [0.2, 0.25) is 0 Å². The van der Waals surface area contributed by atoms with Gasteiger partial charge >= 0.3 is 0 Å². The Hall–Kier alpha value is -0.840. The van der Waals surface area contributed by atoms with Crippen molar-refractivity contribution >= 4 is 31.9 Å². The second kappa shape index (κ2) is 7.25. The summed E-state index contributed by atoms with van der Waals surface area (Å²) in [6.07, 6.45) is 0.931. The first-order chi connectivity index (χ1) is 9.63. The average molecular weight is 399 g/mol. The Balaban J connectivity index is 2.24. The van der Waals surface area contributed by atoms with E-state index in [1.54, 1.807) is 7.11 Å². The third kappa shape index (κ3) is 3.84. The molecule has 106 valence electrons. The highest BCUT2D eigenvalue weighted by Crippen LogP contribution is 2.29. The third-order valence-electron chi connectivity index (χ3n) is 3.26. The highest BCUT2D eigenvalue weighted by atomic mass is 79.9. The first kappa shape index (κ1) is 15.5. The van der Waals surface area contributed by atoms with Crippen LogP contribution in [0.15, 0.2) is 51.4 Å². The molecule has 0 saturated heterocycles. The van der Waals surface area contributed by atoms with Crippen molar-refractivity contribution in [3.8, 4) is 5.75 Å². The summed E-state index contributed by atoms with van der Waals surface area (Å²) in [7, 11) is 3.66. The zero-order valence-electron chi connectivity index (χ0n) is 11.5. The molecule has 0 saturated carbocycles. The molecule has 4 heteroatoms. The minimum atomic E-state index is 0.254. The molecule has 20 heavy (non-hydrogen) atoms. The maximum Gasteiger partial charge on any atom is 0.120 e. The predicted octanol–water partition coefficient (Wildman–Crippen LogP) is 4.72. The summed E-state index contributed by atoms with van der Waals surface area (Å²) in [5.74, 6) is 0.859. The van der Waals surface area contributed by atoms with Gasteiger partial charge in [0.1, 0.15) is 5.75 Å². The van der Waals surface area contributed by atoms with Crippen LogP contribution >= 0.6 is 31.9 Å². The van der Waals surface area contributed by atoms with Gasteiger partial charge in [-0.3, -0.25) is 0 Å². The summed E-state index contributed by atoms with van der Waals surface area (Å²) >= 11 is 7.15. The lowest BCUT2D eigenvalue weighted by molar-refractivity contribution is 0.414. The lowest BCUT2D eigenvalue weighted by Gasteiger charge is -2.19. The second-order valence-electron chi connectivity index (χ2n) is 4.56. The first-order valence-corrected chi connectivity index (χ1v) is 7.97. The fraction of sp³-hybridized carbons (Fsp3) is 0.250. The van der Waals surface area contributed by atoms with Crippen LogP contribution in [0.25, 0.3) is 0 Å². The number of hydrogen-bond acceptors (Lipinski definition) is 2. The number of nitrogens with one attached hydrogen (secondary N) is 1. The van der Waals surface area contributed by atoms with Crippen molar-refractivity contribution in [2.45, 2.75) is 12.5 Å². The molecule has 1 unspecified atom stereocenters. The highest BCUT2D eigenvalue weighted by Gasteiger charge is 2.14. The molecule has 0 aromatic heterocycles. The smallest absolute Gasteiger partial charge is 0.120 e. The van der Waals surface area contributed by atoms with E-state index in [1.165, 1.54) is 11.1 Å². The number of likely N-dealkylation sites (N-methyl/N-ethyl adjacent to an activating group) is 1. The van der Waals surface area contributed by atoms with Gasteiger partial charge in [-0.25, -0.2) is 0 Å². The van der Waals surface area contributed by atoms with Gasteiger partial charge in [0.15, 0.2) is 0 Å². The minimum absolute atomic E-state index is 0.254. The van der Waals surface area contributed by atoms with Crippen molar-refractivity contribution in [1.29, 1.82) is 0 Å². The fourth-order valence-corrected chi connectivity index (χ4v) is 3.27. The number of benzene rings is 2. The van der Waals surface area contributed by atoms with Crippen LogP contribution in [0.2, 0.25) is 0 Å². The summed E-state index contributed by atoms with van der Waals surface area (Å²) in [4.78, 5) is 0. The van der Waals surface area contributed by atoms with Crippen molar-refractivity contribution in [2.24, 2.45) is 0 Å². The summed E-state index contributed by atoms with van der Waals surface area (Å²) in [6, 6.07) is 14.8. The van der Waals surface area contributed by atoms with E-state index in [0.717, 1.165) is 21.1 Å². The molecule has 2 aromatic rings. The standard InChI is InChI=1S/C16H17Br2NO/c1-19-16(9-11-4-3-5-12(17)8-11)14-7-6-13(20-2)10-15(14)18/h3-8,10,16,19H,9H2,1-2H3. The van der Waals surface area contributed by atoms with Crippen molar-refractivity contribution in [3.63, 3.8) is 0 Å². The van der Waals surface area contributed by atoms with Crippen LogP contribution in [0.3, 0.4) is 0 Å². The molecule has 2 rings (SSSR count). The zero-order valence-corrected chi connectivity index (χ0v) is 14.7. The molecular weight excluding hydrogens is 382 g/mol. The molecule has 0 aliphatic rings. The van der Waals surface area contributed by atoms with Crippen LogP contribution in [0, 0.1) is 0 Å². The Bertz CT molecular complexity index is 586. The van der Waals surface area contributed by atoms with Gasteiger partial charge in [0, 0.05) is 15.0 Å². The number of rotatable bonds is 5. The van der Waals surface area contributed by atoms with E-state index in [4.69, 9.17) is 4.74 Å². The number of ether oxygens (including phenoxy) is 1. The van der Waals surface area contributed by atoms with Crippen molar-refractivity contribution in [1.82, 2.24) is 5.32 Å². The Morgan fingerprint density at radius 3 is 2.55 bits per heavy atom. The first-order valence-electron chi connectivity index (χ1n) is 6.39. The molecule has 1 atom stereocenters.